The Bertz CT molecular complexity index is 830. The molecule has 1 atom stereocenters. The molecule has 0 aliphatic rings. The third-order valence-corrected chi connectivity index (χ3v) is 4.23. The van der Waals surface area contributed by atoms with Crippen LogP contribution in [0.15, 0.2) is 30.3 Å². The maximum absolute atomic E-state index is 13.8. The maximum atomic E-state index is 13.8. The van der Waals surface area contributed by atoms with Gasteiger partial charge in [-0.2, -0.15) is 0 Å². The molecule has 2 rings (SSSR count). The highest BCUT2D eigenvalue weighted by molar-refractivity contribution is 5.94. The summed E-state index contributed by atoms with van der Waals surface area (Å²) < 4.78 is 58.7. The molecule has 4 nitrogen and oxygen atoms in total. The summed E-state index contributed by atoms with van der Waals surface area (Å²) in [6.45, 7) is 4.09. The van der Waals surface area contributed by atoms with Crippen molar-refractivity contribution in [2.45, 2.75) is 26.4 Å². The SMILES string of the molecule is CCN(Cc1ccc(OC)c(F)c1)[C@@H](C)C(=O)Nc1ccc(F)c(F)c1F. The zero-order chi connectivity index (χ0) is 20.1. The van der Waals surface area contributed by atoms with Gasteiger partial charge < -0.3 is 10.1 Å². The number of ether oxygens (including phenoxy) is 1. The number of hydrogen-bond donors (Lipinski definition) is 1. The Morgan fingerprint density at radius 2 is 1.81 bits per heavy atom. The fraction of sp³-hybridized carbons (Fsp3) is 0.316. The van der Waals surface area contributed by atoms with Gasteiger partial charge in [-0.15, -0.1) is 0 Å². The first-order valence-electron chi connectivity index (χ1n) is 8.29. The molecule has 146 valence electrons. The summed E-state index contributed by atoms with van der Waals surface area (Å²) in [6, 6.07) is 5.42. The number of halogens is 4. The Morgan fingerprint density at radius 3 is 2.41 bits per heavy atom. The van der Waals surface area contributed by atoms with E-state index >= 15 is 0 Å². The Hall–Kier alpha value is -2.61. The Kier molecular flexibility index (Phi) is 6.79. The molecule has 0 bridgehead atoms. The minimum Gasteiger partial charge on any atom is -0.494 e. The lowest BCUT2D eigenvalue weighted by Gasteiger charge is -2.27. The Balaban J connectivity index is 2.11. The van der Waals surface area contributed by atoms with E-state index in [4.69, 9.17) is 4.74 Å². The summed E-state index contributed by atoms with van der Waals surface area (Å²) in [7, 11) is 1.36. The standard InChI is InChI=1S/C19H20F4N2O2/c1-4-25(10-12-5-8-16(27-3)14(21)9-12)11(2)19(26)24-15-7-6-13(20)17(22)18(15)23/h5-9,11H,4,10H2,1-3H3,(H,24,26)/t11-/m0/s1. The number of rotatable bonds is 7. The molecule has 2 aromatic rings. The van der Waals surface area contributed by atoms with Crippen LogP contribution in [0.4, 0.5) is 23.2 Å². The maximum Gasteiger partial charge on any atom is 0.241 e. The molecule has 0 aliphatic heterocycles. The largest absolute Gasteiger partial charge is 0.494 e. The number of amides is 1. The number of benzene rings is 2. The lowest BCUT2D eigenvalue weighted by atomic mass is 10.1. The smallest absolute Gasteiger partial charge is 0.241 e. The average Bonchev–Trinajstić information content (AvgIpc) is 2.66. The van der Waals surface area contributed by atoms with Crippen LogP contribution in [0.3, 0.4) is 0 Å². The highest BCUT2D eigenvalue weighted by Crippen LogP contribution is 2.21. The predicted molar refractivity (Wildman–Crippen MR) is 93.4 cm³/mol. The van der Waals surface area contributed by atoms with Gasteiger partial charge in [0.2, 0.25) is 5.91 Å². The Labute approximate surface area is 154 Å². The van der Waals surface area contributed by atoms with E-state index in [-0.39, 0.29) is 12.3 Å². The van der Waals surface area contributed by atoms with Crippen molar-refractivity contribution in [3.63, 3.8) is 0 Å². The molecule has 27 heavy (non-hydrogen) atoms. The van der Waals surface area contributed by atoms with Crippen LogP contribution in [0.5, 0.6) is 5.75 Å². The zero-order valence-corrected chi connectivity index (χ0v) is 15.2. The first kappa shape index (κ1) is 20.7. The van der Waals surface area contributed by atoms with Crippen LogP contribution in [0.2, 0.25) is 0 Å². The zero-order valence-electron chi connectivity index (χ0n) is 15.2. The van der Waals surface area contributed by atoms with Gasteiger partial charge >= 0.3 is 0 Å². The van der Waals surface area contributed by atoms with E-state index in [2.05, 4.69) is 5.32 Å². The van der Waals surface area contributed by atoms with E-state index in [9.17, 15) is 22.4 Å². The van der Waals surface area contributed by atoms with Crippen LogP contribution < -0.4 is 10.1 Å². The number of hydrogen-bond acceptors (Lipinski definition) is 3. The van der Waals surface area contributed by atoms with E-state index in [1.807, 2.05) is 6.92 Å². The van der Waals surface area contributed by atoms with Gasteiger partial charge in [0.15, 0.2) is 29.0 Å². The third kappa shape index (κ3) is 4.77. The van der Waals surface area contributed by atoms with Crippen LogP contribution in [0.25, 0.3) is 0 Å². The van der Waals surface area contributed by atoms with E-state index in [1.54, 1.807) is 17.9 Å². The molecular weight excluding hydrogens is 364 g/mol. The normalized spacial score (nSPS) is 12.1. The van der Waals surface area contributed by atoms with E-state index in [0.717, 1.165) is 12.1 Å². The van der Waals surface area contributed by atoms with Crippen molar-refractivity contribution in [2.24, 2.45) is 0 Å². The summed E-state index contributed by atoms with van der Waals surface area (Å²) in [4.78, 5) is 14.1. The van der Waals surface area contributed by atoms with E-state index < -0.39 is 40.9 Å². The van der Waals surface area contributed by atoms with Crippen molar-refractivity contribution in [1.82, 2.24) is 4.90 Å². The number of carbonyl (C=O) groups excluding carboxylic acids is 1. The third-order valence-electron chi connectivity index (χ3n) is 4.23. The highest BCUT2D eigenvalue weighted by Gasteiger charge is 2.23. The van der Waals surface area contributed by atoms with Gasteiger partial charge in [0.1, 0.15) is 0 Å². The lowest BCUT2D eigenvalue weighted by Crippen LogP contribution is -2.41. The fourth-order valence-corrected chi connectivity index (χ4v) is 2.59. The average molecular weight is 384 g/mol. The van der Waals surface area contributed by atoms with Crippen molar-refractivity contribution in [2.75, 3.05) is 19.0 Å². The number of likely N-dealkylation sites (N-methyl/N-ethyl adjacent to an activating group) is 1. The number of anilines is 1. The molecule has 0 aliphatic carbocycles. The summed E-state index contributed by atoms with van der Waals surface area (Å²) in [5.41, 5.74) is 0.172. The molecule has 8 heteroatoms. The van der Waals surface area contributed by atoms with Gasteiger partial charge in [-0.3, -0.25) is 9.69 Å². The van der Waals surface area contributed by atoms with Crippen LogP contribution in [0.1, 0.15) is 19.4 Å². The van der Waals surface area contributed by atoms with Gasteiger partial charge in [0.05, 0.1) is 18.8 Å². The lowest BCUT2D eigenvalue weighted by molar-refractivity contribution is -0.120. The monoisotopic (exact) mass is 384 g/mol. The second-order valence-corrected chi connectivity index (χ2v) is 5.92. The minimum absolute atomic E-state index is 0.112. The van der Waals surface area contributed by atoms with Crippen LogP contribution >= 0.6 is 0 Å². The summed E-state index contributed by atoms with van der Waals surface area (Å²) >= 11 is 0. The first-order chi connectivity index (χ1) is 12.8. The predicted octanol–water partition coefficient (Wildman–Crippen LogP) is 4.10. The molecule has 0 saturated heterocycles. The van der Waals surface area contributed by atoms with Crippen molar-refractivity contribution in [3.8, 4) is 5.75 Å². The molecule has 1 amide bonds. The summed E-state index contributed by atoms with van der Waals surface area (Å²) in [5.74, 6) is -5.46. The van der Waals surface area contributed by atoms with E-state index in [1.165, 1.54) is 19.2 Å². The van der Waals surface area contributed by atoms with Crippen LogP contribution in [0, 0.1) is 23.3 Å². The van der Waals surface area contributed by atoms with Gasteiger partial charge in [0, 0.05) is 6.54 Å². The molecule has 0 unspecified atom stereocenters. The summed E-state index contributed by atoms with van der Waals surface area (Å²) in [6.07, 6.45) is 0. The van der Waals surface area contributed by atoms with Gasteiger partial charge in [0.25, 0.3) is 0 Å². The summed E-state index contributed by atoms with van der Waals surface area (Å²) in [5, 5.41) is 2.25. The minimum atomic E-state index is -1.65. The molecule has 0 spiro atoms. The molecule has 0 radical (unpaired) electrons. The number of nitrogens with one attached hydrogen (secondary N) is 1. The second kappa shape index (κ2) is 8.85. The quantitative estimate of drug-likeness (QED) is 0.577. The van der Waals surface area contributed by atoms with E-state index in [0.29, 0.717) is 12.1 Å². The molecular formula is C19H20F4N2O2. The van der Waals surface area contributed by atoms with Gasteiger partial charge in [-0.1, -0.05) is 13.0 Å². The van der Waals surface area contributed by atoms with Crippen LogP contribution in [-0.2, 0) is 11.3 Å². The van der Waals surface area contributed by atoms with Crippen LogP contribution in [-0.4, -0.2) is 30.5 Å². The van der Waals surface area contributed by atoms with Gasteiger partial charge in [-0.05, 0) is 43.3 Å². The van der Waals surface area contributed by atoms with Crippen molar-refractivity contribution >= 4 is 11.6 Å². The molecule has 2 aromatic carbocycles. The topological polar surface area (TPSA) is 41.6 Å². The van der Waals surface area contributed by atoms with Gasteiger partial charge in [-0.25, -0.2) is 17.6 Å². The second-order valence-electron chi connectivity index (χ2n) is 5.92. The molecule has 0 heterocycles. The van der Waals surface area contributed by atoms with Crippen molar-refractivity contribution in [3.05, 3.63) is 59.2 Å². The first-order valence-corrected chi connectivity index (χ1v) is 8.29. The number of nitrogens with zero attached hydrogens (tertiary/aromatic N) is 1. The molecule has 1 N–H and O–H groups in total. The Morgan fingerprint density at radius 1 is 1.11 bits per heavy atom. The number of carbonyl (C=O) groups is 1. The highest BCUT2D eigenvalue weighted by atomic mass is 19.2. The van der Waals surface area contributed by atoms with Crippen molar-refractivity contribution < 1.29 is 27.1 Å². The molecule has 0 aromatic heterocycles. The molecule has 0 saturated carbocycles. The van der Waals surface area contributed by atoms with Crippen molar-refractivity contribution in [1.29, 1.82) is 0 Å². The molecule has 0 fully saturated rings. The fourth-order valence-electron chi connectivity index (χ4n) is 2.59. The number of methoxy groups -OCH3 is 1.